The number of hydrogen-bond donors (Lipinski definition) is 0. The van der Waals surface area contributed by atoms with E-state index in [1.807, 2.05) is 0 Å². The van der Waals surface area contributed by atoms with Crippen molar-refractivity contribution in [3.05, 3.63) is 23.8 Å². The van der Waals surface area contributed by atoms with E-state index in [1.165, 1.54) is 0 Å². The van der Waals surface area contributed by atoms with Gasteiger partial charge in [-0.2, -0.15) is 0 Å². The van der Waals surface area contributed by atoms with Crippen LogP contribution in [0.2, 0.25) is 0 Å². The molecule has 25 heavy (non-hydrogen) atoms. The monoisotopic (exact) mass is 344 g/mol. The van der Waals surface area contributed by atoms with E-state index in [9.17, 15) is 9.59 Å². The number of rotatable bonds is 6. The van der Waals surface area contributed by atoms with Crippen LogP contribution in [-0.2, 0) is 11.2 Å². The molecule has 0 saturated heterocycles. The first-order valence-corrected chi connectivity index (χ1v) is 9.43. The summed E-state index contributed by atoms with van der Waals surface area (Å²) in [5.74, 6) is -0.437. The first-order valence-electron chi connectivity index (χ1n) is 9.43. The van der Waals surface area contributed by atoms with Gasteiger partial charge in [0.05, 0.1) is 5.92 Å². The van der Waals surface area contributed by atoms with Crippen LogP contribution >= 0.6 is 0 Å². The molecule has 1 fully saturated rings. The molecule has 4 heteroatoms. The molecule has 0 bridgehead atoms. The van der Waals surface area contributed by atoms with Crippen LogP contribution in [0.5, 0.6) is 0 Å². The van der Waals surface area contributed by atoms with Crippen LogP contribution in [0.15, 0.2) is 12.4 Å². The quantitative estimate of drug-likeness (QED) is 0.556. The number of carbonyl (C=O) groups excluding carboxylic acids is 2. The van der Waals surface area contributed by atoms with Crippen LogP contribution in [-0.4, -0.2) is 21.5 Å². The molecule has 0 N–H and O–H groups in total. The predicted octanol–water partition coefficient (Wildman–Crippen LogP) is 4.67. The average Bonchev–Trinajstić information content (AvgIpc) is 2.72. The van der Waals surface area contributed by atoms with E-state index < -0.39 is 5.92 Å². The summed E-state index contributed by atoms with van der Waals surface area (Å²) in [4.78, 5) is 34.1. The third kappa shape index (κ3) is 4.74. The van der Waals surface area contributed by atoms with E-state index in [-0.39, 0.29) is 34.1 Å². The zero-order valence-electron chi connectivity index (χ0n) is 16.6. The maximum absolute atomic E-state index is 13.0. The Morgan fingerprint density at radius 2 is 1.84 bits per heavy atom. The Morgan fingerprint density at radius 3 is 2.36 bits per heavy atom. The zero-order chi connectivity index (χ0) is 18.8. The highest BCUT2D eigenvalue weighted by Crippen LogP contribution is 2.47. The second-order valence-corrected chi connectivity index (χ2v) is 9.37. The van der Waals surface area contributed by atoms with Gasteiger partial charge in [-0.05, 0) is 35.2 Å². The van der Waals surface area contributed by atoms with E-state index in [2.05, 4.69) is 51.5 Å². The van der Waals surface area contributed by atoms with Crippen molar-refractivity contribution in [3.8, 4) is 0 Å². The number of aromatic nitrogens is 2. The van der Waals surface area contributed by atoms with Crippen LogP contribution in [0.25, 0.3) is 0 Å². The fraction of sp³-hybridized carbons (Fsp3) is 0.714. The Hall–Kier alpha value is -1.58. The van der Waals surface area contributed by atoms with Crippen LogP contribution in [0, 0.1) is 22.7 Å². The molecule has 0 spiro atoms. The summed E-state index contributed by atoms with van der Waals surface area (Å²) in [7, 11) is 0. The third-order valence-corrected chi connectivity index (χ3v) is 5.19. The molecule has 2 atom stereocenters. The number of ketones is 2. The molecular formula is C21H32N2O2. The molecule has 4 nitrogen and oxygen atoms in total. The van der Waals surface area contributed by atoms with Gasteiger partial charge in [-0.1, -0.05) is 54.4 Å². The summed E-state index contributed by atoms with van der Waals surface area (Å²) in [5, 5.41) is 0. The Bertz CT molecular complexity index is 626. The number of Topliss-reactive ketones (excluding diaryl/α,β-unsaturated/α-hetero) is 2. The highest BCUT2D eigenvalue weighted by molar-refractivity contribution is 6.10. The first-order chi connectivity index (χ1) is 11.5. The summed E-state index contributed by atoms with van der Waals surface area (Å²) in [6, 6.07) is 0. The molecular weight excluding hydrogens is 312 g/mol. The number of hydrogen-bond acceptors (Lipinski definition) is 4. The standard InChI is InChI=1S/C21H32N2O2/c1-7-8-9-15-17(16(24)11-21(15,5)6)18(25)19-22-12-14(13-23-19)10-20(2,3)4/h12-13,15,17H,7-11H2,1-6H3. The number of nitrogens with zero attached hydrogens (tertiary/aromatic N) is 2. The summed E-state index contributed by atoms with van der Waals surface area (Å²) in [6.07, 6.45) is 7.81. The topological polar surface area (TPSA) is 59.9 Å². The van der Waals surface area contributed by atoms with Gasteiger partial charge in [-0.3, -0.25) is 9.59 Å². The molecule has 0 aromatic carbocycles. The van der Waals surface area contributed by atoms with E-state index >= 15 is 0 Å². The van der Waals surface area contributed by atoms with Gasteiger partial charge in [-0.15, -0.1) is 0 Å². The van der Waals surface area contributed by atoms with E-state index in [1.54, 1.807) is 12.4 Å². The van der Waals surface area contributed by atoms with Gasteiger partial charge in [0.15, 0.2) is 5.82 Å². The fourth-order valence-electron chi connectivity index (χ4n) is 4.00. The van der Waals surface area contributed by atoms with Crippen LogP contribution in [0.1, 0.15) is 83.4 Å². The summed E-state index contributed by atoms with van der Waals surface area (Å²) < 4.78 is 0. The smallest absolute Gasteiger partial charge is 0.210 e. The van der Waals surface area contributed by atoms with Crippen molar-refractivity contribution in [3.63, 3.8) is 0 Å². The minimum atomic E-state index is -0.574. The van der Waals surface area contributed by atoms with Crippen molar-refractivity contribution in [1.82, 2.24) is 9.97 Å². The SMILES string of the molecule is CCCCC1C(C(=O)c2ncc(CC(C)(C)C)cn2)C(=O)CC1(C)C. The van der Waals surface area contributed by atoms with Gasteiger partial charge in [0.1, 0.15) is 5.78 Å². The molecule has 1 heterocycles. The highest BCUT2D eigenvalue weighted by atomic mass is 16.2. The van der Waals surface area contributed by atoms with Crippen molar-refractivity contribution in [1.29, 1.82) is 0 Å². The second kappa shape index (κ2) is 7.35. The second-order valence-electron chi connectivity index (χ2n) is 9.37. The lowest BCUT2D eigenvalue weighted by Crippen LogP contribution is -2.30. The molecule has 1 aromatic heterocycles. The van der Waals surface area contributed by atoms with Crippen LogP contribution < -0.4 is 0 Å². The molecule has 138 valence electrons. The molecule has 2 unspecified atom stereocenters. The van der Waals surface area contributed by atoms with E-state index in [0.717, 1.165) is 31.2 Å². The number of unbranched alkanes of at least 4 members (excludes halogenated alkanes) is 1. The molecule has 0 aliphatic heterocycles. The molecule has 2 rings (SSSR count). The lowest BCUT2D eigenvalue weighted by molar-refractivity contribution is -0.120. The van der Waals surface area contributed by atoms with Gasteiger partial charge in [0, 0.05) is 18.8 Å². The fourth-order valence-corrected chi connectivity index (χ4v) is 4.00. The summed E-state index contributed by atoms with van der Waals surface area (Å²) in [5.41, 5.74) is 1.04. The predicted molar refractivity (Wildman–Crippen MR) is 99.4 cm³/mol. The average molecular weight is 344 g/mol. The lowest BCUT2D eigenvalue weighted by Gasteiger charge is -2.28. The molecule has 0 radical (unpaired) electrons. The number of carbonyl (C=O) groups is 2. The maximum Gasteiger partial charge on any atom is 0.210 e. The van der Waals surface area contributed by atoms with Gasteiger partial charge in [-0.25, -0.2) is 9.97 Å². The van der Waals surface area contributed by atoms with Crippen molar-refractivity contribution in [2.75, 3.05) is 0 Å². The van der Waals surface area contributed by atoms with Gasteiger partial charge in [0.2, 0.25) is 5.78 Å². The molecule has 1 saturated carbocycles. The Labute approximate surface area is 151 Å². The van der Waals surface area contributed by atoms with Crippen molar-refractivity contribution in [2.45, 2.75) is 73.6 Å². The minimum Gasteiger partial charge on any atom is -0.299 e. The Morgan fingerprint density at radius 1 is 1.24 bits per heavy atom. The van der Waals surface area contributed by atoms with Crippen molar-refractivity contribution in [2.24, 2.45) is 22.7 Å². The maximum atomic E-state index is 13.0. The minimum absolute atomic E-state index is 0.0541. The van der Waals surface area contributed by atoms with Crippen molar-refractivity contribution >= 4 is 11.6 Å². The molecule has 1 aromatic rings. The summed E-state index contributed by atoms with van der Waals surface area (Å²) in [6.45, 7) is 12.8. The molecule has 0 amide bonds. The first kappa shape index (κ1) is 19.7. The normalized spacial score (nSPS) is 23.0. The van der Waals surface area contributed by atoms with Crippen molar-refractivity contribution < 1.29 is 9.59 Å². The lowest BCUT2D eigenvalue weighted by atomic mass is 9.74. The summed E-state index contributed by atoms with van der Waals surface area (Å²) >= 11 is 0. The Balaban J connectivity index is 2.21. The van der Waals surface area contributed by atoms with Gasteiger partial charge >= 0.3 is 0 Å². The van der Waals surface area contributed by atoms with Crippen LogP contribution in [0.3, 0.4) is 0 Å². The van der Waals surface area contributed by atoms with Crippen LogP contribution in [0.4, 0.5) is 0 Å². The van der Waals surface area contributed by atoms with E-state index in [4.69, 9.17) is 0 Å². The molecule has 1 aliphatic rings. The van der Waals surface area contributed by atoms with Gasteiger partial charge in [0.25, 0.3) is 0 Å². The largest absolute Gasteiger partial charge is 0.299 e. The zero-order valence-corrected chi connectivity index (χ0v) is 16.6. The molecule has 1 aliphatic carbocycles. The van der Waals surface area contributed by atoms with Gasteiger partial charge < -0.3 is 0 Å². The Kier molecular flexibility index (Phi) is 5.80. The van der Waals surface area contributed by atoms with E-state index in [0.29, 0.717) is 6.42 Å². The highest BCUT2D eigenvalue weighted by Gasteiger charge is 2.50. The third-order valence-electron chi connectivity index (χ3n) is 5.19.